The van der Waals surface area contributed by atoms with Gasteiger partial charge in [-0.25, -0.2) is 0 Å². The van der Waals surface area contributed by atoms with Gasteiger partial charge >= 0.3 is 0 Å². The lowest BCUT2D eigenvalue weighted by Crippen LogP contribution is -2.30. The number of benzene rings is 1. The number of thiophene rings is 1. The molecule has 2 aromatic rings. The van der Waals surface area contributed by atoms with Crippen molar-refractivity contribution in [3.8, 4) is 0 Å². The number of fused-ring (bicyclic) bond motifs is 1. The van der Waals surface area contributed by atoms with Crippen molar-refractivity contribution >= 4 is 21.4 Å². The second kappa shape index (κ2) is 5.63. The average Bonchev–Trinajstić information content (AvgIpc) is 2.73. The summed E-state index contributed by atoms with van der Waals surface area (Å²) in [6.45, 7) is 4.18. The smallest absolute Gasteiger partial charge is 0.0481 e. The van der Waals surface area contributed by atoms with Crippen LogP contribution in [0.4, 0.5) is 0 Å². The van der Waals surface area contributed by atoms with Crippen LogP contribution in [0, 0.1) is 0 Å². The molecule has 1 unspecified atom stereocenters. The number of hydrogen-bond donors (Lipinski definition) is 1. The molecule has 1 aromatic heterocycles. The van der Waals surface area contributed by atoms with Gasteiger partial charge in [0.15, 0.2) is 0 Å². The van der Waals surface area contributed by atoms with Crippen LogP contribution >= 0.6 is 11.3 Å². The summed E-state index contributed by atoms with van der Waals surface area (Å²) >= 11 is 1.84. The van der Waals surface area contributed by atoms with Crippen LogP contribution < -0.4 is 5.32 Å². The highest BCUT2D eigenvalue weighted by Gasteiger charge is 2.17. The monoisotopic (exact) mass is 248 g/mol. The molecule has 1 aromatic carbocycles. The molecule has 0 amide bonds. The van der Waals surface area contributed by atoms with Crippen LogP contribution in [-0.4, -0.2) is 32.1 Å². The van der Waals surface area contributed by atoms with Crippen molar-refractivity contribution in [3.05, 3.63) is 35.2 Å². The summed E-state index contributed by atoms with van der Waals surface area (Å²) in [7, 11) is 4.29. The van der Waals surface area contributed by atoms with Crippen molar-refractivity contribution in [2.45, 2.75) is 13.0 Å². The molecule has 17 heavy (non-hydrogen) atoms. The largest absolute Gasteiger partial charge is 0.315 e. The van der Waals surface area contributed by atoms with Crippen LogP contribution in [0.15, 0.2) is 29.6 Å². The Morgan fingerprint density at radius 3 is 2.76 bits per heavy atom. The molecular weight excluding hydrogens is 228 g/mol. The Bertz CT molecular complexity index is 476. The van der Waals surface area contributed by atoms with Gasteiger partial charge in [-0.1, -0.05) is 25.1 Å². The molecule has 0 aliphatic rings. The van der Waals surface area contributed by atoms with E-state index in [2.05, 4.69) is 60.9 Å². The molecule has 0 saturated carbocycles. The molecule has 2 nitrogen and oxygen atoms in total. The van der Waals surface area contributed by atoms with Crippen molar-refractivity contribution in [1.29, 1.82) is 0 Å². The Morgan fingerprint density at radius 1 is 1.29 bits per heavy atom. The van der Waals surface area contributed by atoms with Gasteiger partial charge in [-0.15, -0.1) is 11.3 Å². The minimum absolute atomic E-state index is 0.450. The number of hydrogen-bond acceptors (Lipinski definition) is 3. The van der Waals surface area contributed by atoms with E-state index in [0.29, 0.717) is 6.04 Å². The van der Waals surface area contributed by atoms with Gasteiger partial charge in [-0.3, -0.25) is 0 Å². The minimum atomic E-state index is 0.450. The molecule has 92 valence electrons. The first-order valence-corrected chi connectivity index (χ1v) is 6.95. The van der Waals surface area contributed by atoms with Crippen molar-refractivity contribution in [2.75, 3.05) is 27.2 Å². The standard InChI is InChI=1S/C14H20N2S/c1-4-15-9-13(16(2)3)12-10-17-14-8-6-5-7-11(12)14/h5-8,10,13,15H,4,9H2,1-3H3. The third-order valence-corrected chi connectivity index (χ3v) is 4.06. The average molecular weight is 248 g/mol. The lowest BCUT2D eigenvalue weighted by Gasteiger charge is -2.24. The summed E-state index contributed by atoms with van der Waals surface area (Å²) in [6, 6.07) is 9.11. The maximum Gasteiger partial charge on any atom is 0.0481 e. The number of likely N-dealkylation sites (N-methyl/N-ethyl adjacent to an activating group) is 2. The summed E-state index contributed by atoms with van der Waals surface area (Å²) in [6.07, 6.45) is 0. The highest BCUT2D eigenvalue weighted by Crippen LogP contribution is 2.31. The van der Waals surface area contributed by atoms with E-state index in [1.54, 1.807) is 0 Å². The van der Waals surface area contributed by atoms with Crippen LogP contribution in [0.2, 0.25) is 0 Å². The second-order valence-corrected chi connectivity index (χ2v) is 5.39. The van der Waals surface area contributed by atoms with E-state index >= 15 is 0 Å². The topological polar surface area (TPSA) is 15.3 Å². The zero-order valence-electron chi connectivity index (χ0n) is 10.7. The SMILES string of the molecule is CCNCC(c1csc2ccccc12)N(C)C. The molecule has 0 saturated heterocycles. The third-order valence-electron chi connectivity index (χ3n) is 3.08. The van der Waals surface area contributed by atoms with Crippen molar-refractivity contribution in [3.63, 3.8) is 0 Å². The lowest BCUT2D eigenvalue weighted by molar-refractivity contribution is 0.292. The van der Waals surface area contributed by atoms with Crippen molar-refractivity contribution in [2.24, 2.45) is 0 Å². The Kier molecular flexibility index (Phi) is 4.15. The van der Waals surface area contributed by atoms with E-state index in [-0.39, 0.29) is 0 Å². The minimum Gasteiger partial charge on any atom is -0.315 e. The van der Waals surface area contributed by atoms with E-state index in [1.807, 2.05) is 11.3 Å². The zero-order valence-corrected chi connectivity index (χ0v) is 11.6. The predicted octanol–water partition coefficient (Wildman–Crippen LogP) is 3.11. The Hall–Kier alpha value is -0.900. The molecule has 2 rings (SSSR count). The molecule has 1 N–H and O–H groups in total. The van der Waals surface area contributed by atoms with Crippen molar-refractivity contribution < 1.29 is 0 Å². The molecule has 1 heterocycles. The maximum atomic E-state index is 3.45. The summed E-state index contributed by atoms with van der Waals surface area (Å²) < 4.78 is 1.38. The van der Waals surface area contributed by atoms with Gasteiger partial charge in [-0.2, -0.15) is 0 Å². The molecule has 1 atom stereocenters. The number of nitrogens with one attached hydrogen (secondary N) is 1. The van der Waals surface area contributed by atoms with E-state index in [0.717, 1.165) is 13.1 Å². The number of nitrogens with zero attached hydrogens (tertiary/aromatic N) is 1. The molecule has 0 spiro atoms. The molecule has 0 bridgehead atoms. The van der Waals surface area contributed by atoms with Crippen molar-refractivity contribution in [1.82, 2.24) is 10.2 Å². The molecule has 3 heteroatoms. The fourth-order valence-electron chi connectivity index (χ4n) is 2.11. The first-order valence-electron chi connectivity index (χ1n) is 6.07. The van der Waals surface area contributed by atoms with Crippen LogP contribution in [-0.2, 0) is 0 Å². The van der Waals surface area contributed by atoms with Gasteiger partial charge < -0.3 is 10.2 Å². The first-order chi connectivity index (χ1) is 8.24. The first kappa shape index (κ1) is 12.6. The molecule has 0 radical (unpaired) electrons. The summed E-state index contributed by atoms with van der Waals surface area (Å²) in [5.74, 6) is 0. The van der Waals surface area contributed by atoms with E-state index < -0.39 is 0 Å². The summed E-state index contributed by atoms with van der Waals surface area (Å²) in [4.78, 5) is 2.29. The van der Waals surface area contributed by atoms with Crippen LogP contribution in [0.5, 0.6) is 0 Å². The second-order valence-electron chi connectivity index (χ2n) is 4.47. The molecule has 0 aliphatic carbocycles. The van der Waals surface area contributed by atoms with Gasteiger partial charge in [0.1, 0.15) is 0 Å². The van der Waals surface area contributed by atoms with Gasteiger partial charge in [0, 0.05) is 17.3 Å². The van der Waals surface area contributed by atoms with E-state index in [1.165, 1.54) is 15.6 Å². The third kappa shape index (κ3) is 2.68. The maximum absolute atomic E-state index is 3.45. The molecule has 0 fully saturated rings. The molecule has 0 aliphatic heterocycles. The van der Waals surface area contributed by atoms with Gasteiger partial charge in [0.2, 0.25) is 0 Å². The van der Waals surface area contributed by atoms with E-state index in [9.17, 15) is 0 Å². The Balaban J connectivity index is 2.34. The Morgan fingerprint density at radius 2 is 2.06 bits per heavy atom. The quantitative estimate of drug-likeness (QED) is 0.874. The lowest BCUT2D eigenvalue weighted by atomic mass is 10.0. The van der Waals surface area contributed by atoms with Gasteiger partial charge in [0.25, 0.3) is 0 Å². The highest BCUT2D eigenvalue weighted by atomic mass is 32.1. The Labute approximate surface area is 107 Å². The highest BCUT2D eigenvalue weighted by molar-refractivity contribution is 7.17. The fourth-order valence-corrected chi connectivity index (χ4v) is 3.12. The fraction of sp³-hybridized carbons (Fsp3) is 0.429. The predicted molar refractivity (Wildman–Crippen MR) is 76.8 cm³/mol. The normalized spacial score (nSPS) is 13.4. The zero-order chi connectivity index (χ0) is 12.3. The van der Waals surface area contributed by atoms with Gasteiger partial charge in [0.05, 0.1) is 0 Å². The summed E-state index contributed by atoms with van der Waals surface area (Å²) in [5.41, 5.74) is 1.44. The van der Waals surface area contributed by atoms with Crippen LogP contribution in [0.25, 0.3) is 10.1 Å². The number of rotatable bonds is 5. The summed E-state index contributed by atoms with van der Waals surface area (Å²) in [5, 5.41) is 7.14. The van der Waals surface area contributed by atoms with Crippen LogP contribution in [0.1, 0.15) is 18.5 Å². The van der Waals surface area contributed by atoms with Gasteiger partial charge in [-0.05, 0) is 43.0 Å². The van der Waals surface area contributed by atoms with E-state index in [4.69, 9.17) is 0 Å². The van der Waals surface area contributed by atoms with Crippen LogP contribution in [0.3, 0.4) is 0 Å². The molecular formula is C14H20N2S.